The van der Waals surface area contributed by atoms with Gasteiger partial charge in [-0.15, -0.1) is 0 Å². The number of nitrogens with two attached hydrogens (primary N) is 1. The van der Waals surface area contributed by atoms with Crippen LogP contribution < -0.4 is 5.73 Å². The quantitative estimate of drug-likeness (QED) is 0.788. The average molecular weight is 220 g/mol. The highest BCUT2D eigenvalue weighted by Gasteiger charge is 2.24. The fourth-order valence-electron chi connectivity index (χ4n) is 3.04. The Bertz CT molecular complexity index is 366. The highest BCUT2D eigenvalue weighted by molar-refractivity contribution is 5.28. The Labute approximate surface area is 96.6 Å². The van der Waals surface area contributed by atoms with E-state index in [1.807, 2.05) is 0 Å². The molecule has 0 radical (unpaired) electrons. The zero-order chi connectivity index (χ0) is 11.0. The molecule has 1 aliphatic carbocycles. The lowest BCUT2D eigenvalue weighted by molar-refractivity contribution is 0.0582. The predicted octanol–water partition coefficient (Wildman–Crippen LogP) is 2.18. The van der Waals surface area contributed by atoms with Crippen LogP contribution in [0.15, 0.2) is 12.3 Å². The van der Waals surface area contributed by atoms with Crippen molar-refractivity contribution in [1.29, 1.82) is 0 Å². The third-order valence-corrected chi connectivity index (χ3v) is 3.92. The van der Waals surface area contributed by atoms with Crippen molar-refractivity contribution >= 4 is 0 Å². The van der Waals surface area contributed by atoms with Crippen molar-refractivity contribution in [1.82, 2.24) is 4.57 Å². The van der Waals surface area contributed by atoms with Crippen LogP contribution in [0.4, 0.5) is 0 Å². The summed E-state index contributed by atoms with van der Waals surface area (Å²) in [6, 6.07) is 3.02. The maximum atomic E-state index is 6.14. The molecule has 2 N–H and O–H groups in total. The molecule has 16 heavy (non-hydrogen) atoms. The fourth-order valence-corrected chi connectivity index (χ4v) is 3.04. The number of nitrogens with zero attached hydrogens (tertiary/aromatic N) is 1. The van der Waals surface area contributed by atoms with Gasteiger partial charge in [0.25, 0.3) is 0 Å². The summed E-state index contributed by atoms with van der Waals surface area (Å²) >= 11 is 0. The predicted molar refractivity (Wildman–Crippen MR) is 63.4 cm³/mol. The molecule has 2 atom stereocenters. The highest BCUT2D eigenvalue weighted by atomic mass is 16.5. The van der Waals surface area contributed by atoms with Gasteiger partial charge >= 0.3 is 0 Å². The molecule has 1 fully saturated rings. The molecule has 1 saturated heterocycles. The molecule has 0 bridgehead atoms. The van der Waals surface area contributed by atoms with Gasteiger partial charge in [-0.1, -0.05) is 0 Å². The maximum absolute atomic E-state index is 6.14. The minimum atomic E-state index is 0.259. The lowest BCUT2D eigenvalue weighted by Gasteiger charge is -2.28. The Morgan fingerprint density at radius 3 is 3.06 bits per heavy atom. The monoisotopic (exact) mass is 220 g/mol. The third-order valence-electron chi connectivity index (χ3n) is 3.92. The highest BCUT2D eigenvalue weighted by Crippen LogP contribution is 2.32. The largest absolute Gasteiger partial charge is 0.379 e. The summed E-state index contributed by atoms with van der Waals surface area (Å²) in [6.07, 6.45) is 8.20. The number of hydrogen-bond donors (Lipinski definition) is 1. The van der Waals surface area contributed by atoms with Crippen LogP contribution in [0.2, 0.25) is 0 Å². The Morgan fingerprint density at radius 2 is 2.25 bits per heavy atom. The summed E-state index contributed by atoms with van der Waals surface area (Å²) in [7, 11) is 0. The Hall–Kier alpha value is -0.800. The second-order valence-electron chi connectivity index (χ2n) is 4.99. The van der Waals surface area contributed by atoms with Crippen molar-refractivity contribution in [3.8, 4) is 0 Å². The van der Waals surface area contributed by atoms with E-state index in [0.29, 0.717) is 6.04 Å². The molecule has 3 rings (SSSR count). The molecule has 0 saturated carbocycles. The summed E-state index contributed by atoms with van der Waals surface area (Å²) in [4.78, 5) is 0. The first-order valence-corrected chi connectivity index (χ1v) is 6.39. The molecule has 2 heterocycles. The van der Waals surface area contributed by atoms with Gasteiger partial charge in [0.1, 0.15) is 0 Å². The van der Waals surface area contributed by atoms with Gasteiger partial charge in [0.05, 0.1) is 12.6 Å². The zero-order valence-electron chi connectivity index (χ0n) is 9.69. The van der Waals surface area contributed by atoms with Gasteiger partial charge < -0.3 is 15.0 Å². The van der Waals surface area contributed by atoms with Gasteiger partial charge in [-0.3, -0.25) is 0 Å². The first-order valence-electron chi connectivity index (χ1n) is 6.39. The first kappa shape index (κ1) is 10.4. The van der Waals surface area contributed by atoms with Crippen molar-refractivity contribution in [3.63, 3.8) is 0 Å². The molecule has 88 valence electrons. The number of ether oxygens (including phenoxy) is 1. The summed E-state index contributed by atoms with van der Waals surface area (Å²) in [5.74, 6) is 0. The summed E-state index contributed by atoms with van der Waals surface area (Å²) in [6.45, 7) is 1.80. The lowest BCUT2D eigenvalue weighted by atomic mass is 9.93. The fraction of sp³-hybridized carbons (Fsp3) is 0.692. The molecule has 1 aromatic rings. The second-order valence-corrected chi connectivity index (χ2v) is 4.99. The van der Waals surface area contributed by atoms with Crippen molar-refractivity contribution in [2.24, 2.45) is 5.73 Å². The normalized spacial score (nSPS) is 30.1. The number of rotatable bonds is 1. The molecule has 0 spiro atoms. The summed E-state index contributed by atoms with van der Waals surface area (Å²) in [5.41, 5.74) is 8.98. The molecule has 0 amide bonds. The standard InChI is InChI=1S/C13H20N2O/c14-12-4-1-5-13-11(12)6-7-15(13)10-3-2-8-16-9-10/h6-7,10,12H,1-5,8-9,14H2. The van der Waals surface area contributed by atoms with E-state index in [0.717, 1.165) is 19.6 Å². The summed E-state index contributed by atoms with van der Waals surface area (Å²) in [5, 5.41) is 0. The van der Waals surface area contributed by atoms with Gasteiger partial charge in [0, 0.05) is 24.5 Å². The molecular weight excluding hydrogens is 200 g/mol. The van der Waals surface area contributed by atoms with E-state index in [-0.39, 0.29) is 6.04 Å². The van der Waals surface area contributed by atoms with Crippen molar-refractivity contribution in [3.05, 3.63) is 23.5 Å². The molecule has 2 unspecified atom stereocenters. The van der Waals surface area contributed by atoms with Crippen LogP contribution in [0.5, 0.6) is 0 Å². The molecule has 1 aliphatic heterocycles. The van der Waals surface area contributed by atoms with E-state index in [1.54, 1.807) is 0 Å². The van der Waals surface area contributed by atoms with Gasteiger partial charge in [0.15, 0.2) is 0 Å². The molecule has 1 aromatic heterocycles. The average Bonchev–Trinajstić information content (AvgIpc) is 2.75. The van der Waals surface area contributed by atoms with Crippen LogP contribution >= 0.6 is 0 Å². The van der Waals surface area contributed by atoms with Crippen LogP contribution in [-0.4, -0.2) is 17.8 Å². The van der Waals surface area contributed by atoms with E-state index in [1.165, 1.54) is 36.9 Å². The van der Waals surface area contributed by atoms with E-state index in [2.05, 4.69) is 16.8 Å². The smallest absolute Gasteiger partial charge is 0.0673 e. The minimum absolute atomic E-state index is 0.259. The topological polar surface area (TPSA) is 40.2 Å². The number of hydrogen-bond acceptors (Lipinski definition) is 2. The maximum Gasteiger partial charge on any atom is 0.0673 e. The Balaban J connectivity index is 1.89. The molecule has 2 aliphatic rings. The third kappa shape index (κ3) is 1.68. The molecular formula is C13H20N2O. The second kappa shape index (κ2) is 4.22. The van der Waals surface area contributed by atoms with Crippen molar-refractivity contribution < 1.29 is 4.74 Å². The van der Waals surface area contributed by atoms with E-state index in [4.69, 9.17) is 10.5 Å². The Morgan fingerprint density at radius 1 is 1.31 bits per heavy atom. The summed E-state index contributed by atoms with van der Waals surface area (Å²) < 4.78 is 8.00. The lowest BCUT2D eigenvalue weighted by Crippen LogP contribution is -2.24. The van der Waals surface area contributed by atoms with Crippen molar-refractivity contribution in [2.45, 2.75) is 44.2 Å². The van der Waals surface area contributed by atoms with Crippen LogP contribution in [0.25, 0.3) is 0 Å². The SMILES string of the molecule is NC1CCCc2c1ccn2C1CCCOC1. The Kier molecular flexibility index (Phi) is 2.74. The number of fused-ring (bicyclic) bond motifs is 1. The van der Waals surface area contributed by atoms with Gasteiger partial charge in [-0.25, -0.2) is 0 Å². The van der Waals surface area contributed by atoms with Gasteiger partial charge in [0.2, 0.25) is 0 Å². The first-order chi connectivity index (χ1) is 7.86. The van der Waals surface area contributed by atoms with Crippen LogP contribution in [0.3, 0.4) is 0 Å². The van der Waals surface area contributed by atoms with Crippen LogP contribution in [-0.2, 0) is 11.2 Å². The molecule has 3 nitrogen and oxygen atoms in total. The zero-order valence-corrected chi connectivity index (χ0v) is 9.69. The van der Waals surface area contributed by atoms with Crippen LogP contribution in [0.1, 0.15) is 49.0 Å². The minimum Gasteiger partial charge on any atom is -0.379 e. The van der Waals surface area contributed by atoms with Crippen LogP contribution in [0, 0.1) is 0 Å². The molecule has 0 aromatic carbocycles. The van der Waals surface area contributed by atoms with E-state index in [9.17, 15) is 0 Å². The van der Waals surface area contributed by atoms with Gasteiger partial charge in [-0.05, 0) is 43.7 Å². The molecule has 3 heteroatoms. The number of aromatic nitrogens is 1. The van der Waals surface area contributed by atoms with Crippen molar-refractivity contribution in [2.75, 3.05) is 13.2 Å². The van der Waals surface area contributed by atoms with Gasteiger partial charge in [-0.2, -0.15) is 0 Å². The van der Waals surface area contributed by atoms with E-state index >= 15 is 0 Å². The van der Waals surface area contributed by atoms with E-state index < -0.39 is 0 Å².